The molecule has 0 radical (unpaired) electrons. The highest BCUT2D eigenvalue weighted by atomic mass is 32.2. The number of ether oxygens (including phenoxy) is 1. The predicted molar refractivity (Wildman–Crippen MR) is 91.2 cm³/mol. The minimum absolute atomic E-state index is 0.100. The van der Waals surface area contributed by atoms with Gasteiger partial charge in [0.2, 0.25) is 5.91 Å². The van der Waals surface area contributed by atoms with Crippen LogP contribution in [0.4, 0.5) is 0 Å². The first-order chi connectivity index (χ1) is 12.1. The van der Waals surface area contributed by atoms with Crippen LogP contribution in [-0.2, 0) is 20.9 Å². The molecule has 1 saturated heterocycles. The van der Waals surface area contributed by atoms with Gasteiger partial charge in [0.15, 0.2) is 0 Å². The van der Waals surface area contributed by atoms with Gasteiger partial charge < -0.3 is 14.1 Å². The Morgan fingerprint density at radius 3 is 2.72 bits per heavy atom. The van der Waals surface area contributed by atoms with E-state index in [1.54, 1.807) is 42.7 Å². The number of hydrogen-bond acceptors (Lipinski definition) is 6. The Kier molecular flexibility index (Phi) is 5.10. The fourth-order valence-corrected chi connectivity index (χ4v) is 4.07. The van der Waals surface area contributed by atoms with Crippen molar-refractivity contribution in [2.75, 3.05) is 5.75 Å². The monoisotopic (exact) mass is 356 g/mol. The quantitative estimate of drug-likeness (QED) is 0.783. The van der Waals surface area contributed by atoms with E-state index in [1.807, 2.05) is 6.07 Å². The molecule has 1 aromatic heterocycles. The summed E-state index contributed by atoms with van der Waals surface area (Å²) in [5.41, 5.74) is 1.33. The molecule has 1 aliphatic rings. The summed E-state index contributed by atoms with van der Waals surface area (Å²) in [7, 11) is 0. The summed E-state index contributed by atoms with van der Waals surface area (Å²) in [6, 6.07) is 11.8. The number of nitrogens with zero attached hydrogens (tertiary/aromatic N) is 2. The molecule has 0 saturated carbocycles. The van der Waals surface area contributed by atoms with Crippen LogP contribution in [0.3, 0.4) is 0 Å². The molecule has 1 fully saturated rings. The number of amides is 1. The summed E-state index contributed by atoms with van der Waals surface area (Å²) in [5.74, 6) is 0.451. The number of benzene rings is 1. The second-order valence-electron chi connectivity index (χ2n) is 5.56. The van der Waals surface area contributed by atoms with E-state index < -0.39 is 12.0 Å². The van der Waals surface area contributed by atoms with Gasteiger partial charge in [0, 0.05) is 12.7 Å². The molecular weight excluding hydrogens is 340 g/mol. The predicted octanol–water partition coefficient (Wildman–Crippen LogP) is 2.86. The molecule has 1 amide bonds. The van der Waals surface area contributed by atoms with E-state index in [2.05, 4.69) is 0 Å². The first-order valence-corrected chi connectivity index (χ1v) is 8.74. The molecule has 3 rings (SSSR count). The number of nitriles is 1. The van der Waals surface area contributed by atoms with Gasteiger partial charge in [-0.3, -0.25) is 4.79 Å². The van der Waals surface area contributed by atoms with Crippen molar-refractivity contribution in [1.29, 1.82) is 5.26 Å². The summed E-state index contributed by atoms with van der Waals surface area (Å²) in [6.07, 6.45) is 1.55. The van der Waals surface area contributed by atoms with Crippen LogP contribution in [0, 0.1) is 11.3 Å². The molecule has 1 aliphatic heterocycles. The van der Waals surface area contributed by atoms with Gasteiger partial charge in [-0.2, -0.15) is 5.26 Å². The summed E-state index contributed by atoms with van der Waals surface area (Å²) >= 11 is 1.47. The van der Waals surface area contributed by atoms with Gasteiger partial charge >= 0.3 is 5.97 Å². The minimum Gasteiger partial charge on any atom is -0.466 e. The lowest BCUT2D eigenvalue weighted by Crippen LogP contribution is -2.42. The second-order valence-corrected chi connectivity index (χ2v) is 6.67. The van der Waals surface area contributed by atoms with Crippen molar-refractivity contribution in [3.8, 4) is 6.07 Å². The topological polar surface area (TPSA) is 83.5 Å². The van der Waals surface area contributed by atoms with E-state index in [0.717, 1.165) is 5.56 Å². The highest BCUT2D eigenvalue weighted by Gasteiger charge is 2.43. The van der Waals surface area contributed by atoms with Gasteiger partial charge in [0.1, 0.15) is 23.8 Å². The van der Waals surface area contributed by atoms with Crippen molar-refractivity contribution < 1.29 is 18.7 Å². The fourth-order valence-electron chi connectivity index (χ4n) is 2.65. The second kappa shape index (κ2) is 7.45. The van der Waals surface area contributed by atoms with Crippen LogP contribution in [0.5, 0.6) is 0 Å². The van der Waals surface area contributed by atoms with Crippen molar-refractivity contribution >= 4 is 23.6 Å². The normalized spacial score (nSPS) is 19.4. The molecule has 2 atom stereocenters. The Morgan fingerprint density at radius 1 is 1.36 bits per heavy atom. The Hall–Kier alpha value is -2.72. The Bertz CT molecular complexity index is 795. The third-order valence-corrected chi connectivity index (χ3v) is 5.17. The van der Waals surface area contributed by atoms with Gasteiger partial charge in [-0.1, -0.05) is 12.1 Å². The highest BCUT2D eigenvalue weighted by molar-refractivity contribution is 7.99. The number of carbonyl (C=O) groups excluding carboxylic acids is 2. The molecule has 6 nitrogen and oxygen atoms in total. The maximum atomic E-state index is 12.5. The molecule has 0 spiro atoms. The maximum absolute atomic E-state index is 12.5. The van der Waals surface area contributed by atoms with E-state index in [0.29, 0.717) is 17.1 Å². The smallest absolute Gasteiger partial charge is 0.330 e. The molecule has 0 bridgehead atoms. The molecular formula is C18H16N2O4S. The largest absolute Gasteiger partial charge is 0.466 e. The Morgan fingerprint density at radius 2 is 2.12 bits per heavy atom. The van der Waals surface area contributed by atoms with E-state index in [-0.39, 0.29) is 17.9 Å². The molecule has 2 aromatic rings. The average Bonchev–Trinajstić information content (AvgIpc) is 3.28. The number of furan rings is 1. The lowest BCUT2D eigenvalue weighted by molar-refractivity contribution is -0.154. The Labute approximate surface area is 149 Å². The molecule has 25 heavy (non-hydrogen) atoms. The van der Waals surface area contributed by atoms with E-state index >= 15 is 0 Å². The number of esters is 1. The maximum Gasteiger partial charge on any atom is 0.330 e. The van der Waals surface area contributed by atoms with Gasteiger partial charge in [0.05, 0.1) is 17.9 Å². The van der Waals surface area contributed by atoms with Crippen LogP contribution in [0.15, 0.2) is 47.1 Å². The van der Waals surface area contributed by atoms with Crippen molar-refractivity contribution in [3.63, 3.8) is 0 Å². The van der Waals surface area contributed by atoms with Gasteiger partial charge in [-0.15, -0.1) is 11.8 Å². The SMILES string of the molecule is CC(=O)N1[C@@H](C(=O)OCc2ccc(C#N)cc2)CS[C@H]1c1ccco1. The molecule has 1 aromatic carbocycles. The van der Waals surface area contributed by atoms with Gasteiger partial charge in [-0.05, 0) is 29.8 Å². The lowest BCUT2D eigenvalue weighted by Gasteiger charge is -2.25. The van der Waals surface area contributed by atoms with Crippen LogP contribution >= 0.6 is 11.8 Å². The van der Waals surface area contributed by atoms with Crippen LogP contribution in [0.1, 0.15) is 29.2 Å². The average molecular weight is 356 g/mol. The van der Waals surface area contributed by atoms with E-state index in [9.17, 15) is 9.59 Å². The molecule has 0 aliphatic carbocycles. The summed E-state index contributed by atoms with van der Waals surface area (Å²) in [4.78, 5) is 26.0. The number of hydrogen-bond donors (Lipinski definition) is 0. The van der Waals surface area contributed by atoms with Crippen molar-refractivity contribution in [1.82, 2.24) is 4.90 Å². The number of carbonyl (C=O) groups is 2. The van der Waals surface area contributed by atoms with Crippen molar-refractivity contribution in [2.45, 2.75) is 24.9 Å². The van der Waals surface area contributed by atoms with Crippen LogP contribution in [0.25, 0.3) is 0 Å². The molecule has 0 N–H and O–H groups in total. The lowest BCUT2D eigenvalue weighted by atomic mass is 10.1. The van der Waals surface area contributed by atoms with Gasteiger partial charge in [0.25, 0.3) is 0 Å². The molecule has 2 heterocycles. The zero-order valence-electron chi connectivity index (χ0n) is 13.5. The zero-order valence-corrected chi connectivity index (χ0v) is 14.4. The highest BCUT2D eigenvalue weighted by Crippen LogP contribution is 2.41. The molecule has 128 valence electrons. The first kappa shape index (κ1) is 17.1. The summed E-state index contributed by atoms with van der Waals surface area (Å²) < 4.78 is 10.8. The molecule has 7 heteroatoms. The third-order valence-electron chi connectivity index (χ3n) is 3.89. The summed E-state index contributed by atoms with van der Waals surface area (Å²) in [5, 5.41) is 8.47. The Balaban J connectivity index is 1.66. The van der Waals surface area contributed by atoms with Gasteiger partial charge in [-0.25, -0.2) is 4.79 Å². The number of thioether (sulfide) groups is 1. The van der Waals surface area contributed by atoms with E-state index in [4.69, 9.17) is 14.4 Å². The van der Waals surface area contributed by atoms with Crippen LogP contribution < -0.4 is 0 Å². The third kappa shape index (κ3) is 3.69. The van der Waals surface area contributed by atoms with Crippen LogP contribution in [0.2, 0.25) is 0 Å². The minimum atomic E-state index is -0.643. The van der Waals surface area contributed by atoms with Crippen molar-refractivity contribution in [3.05, 3.63) is 59.5 Å². The number of rotatable bonds is 4. The molecule has 0 unspecified atom stereocenters. The summed E-state index contributed by atoms with van der Waals surface area (Å²) in [6.45, 7) is 1.53. The van der Waals surface area contributed by atoms with Crippen LogP contribution in [-0.4, -0.2) is 28.6 Å². The van der Waals surface area contributed by atoms with E-state index in [1.165, 1.54) is 23.6 Å². The standard InChI is InChI=1S/C18H16N2O4S/c1-12(21)20-15(11-25-17(20)16-3-2-8-23-16)18(22)24-10-14-6-4-13(9-19)5-7-14/h2-8,15,17H,10-11H2,1H3/t15-,17+/m1/s1. The fraction of sp³-hybridized carbons (Fsp3) is 0.278. The van der Waals surface area contributed by atoms with Crippen molar-refractivity contribution in [2.24, 2.45) is 0 Å². The first-order valence-electron chi connectivity index (χ1n) is 7.69. The zero-order chi connectivity index (χ0) is 17.8.